The van der Waals surface area contributed by atoms with E-state index in [2.05, 4.69) is 45.5 Å². The van der Waals surface area contributed by atoms with Crippen LogP contribution in [0.1, 0.15) is 71.1 Å². The summed E-state index contributed by atoms with van der Waals surface area (Å²) < 4.78 is 1.09. The quantitative estimate of drug-likeness (QED) is 0.0964. The first kappa shape index (κ1) is 29.1. The Morgan fingerprint density at radius 1 is 0.733 bits per heavy atom. The molecule has 30 heavy (non-hydrogen) atoms. The van der Waals surface area contributed by atoms with E-state index in [4.69, 9.17) is 11.5 Å². The van der Waals surface area contributed by atoms with Gasteiger partial charge < -0.3 is 27.4 Å². The van der Waals surface area contributed by atoms with Crippen LogP contribution in [0.2, 0.25) is 0 Å². The van der Waals surface area contributed by atoms with Crippen molar-refractivity contribution >= 4 is 40.3 Å². The van der Waals surface area contributed by atoms with Crippen molar-refractivity contribution in [3.05, 3.63) is 0 Å². The van der Waals surface area contributed by atoms with Crippen LogP contribution in [0, 0.1) is 5.41 Å². The van der Waals surface area contributed by atoms with E-state index in [1.165, 1.54) is 0 Å². The highest BCUT2D eigenvalue weighted by atomic mass is 127. The van der Waals surface area contributed by atoms with Crippen molar-refractivity contribution in [1.82, 2.24) is 16.0 Å². The molecule has 9 heteroatoms. The Bertz CT molecular complexity index is 493. The summed E-state index contributed by atoms with van der Waals surface area (Å²) in [6, 6.07) is 0. The van der Waals surface area contributed by atoms with Crippen molar-refractivity contribution in [2.45, 2.75) is 71.1 Å². The van der Waals surface area contributed by atoms with Crippen LogP contribution in [0.3, 0.4) is 0 Å². The van der Waals surface area contributed by atoms with Gasteiger partial charge in [-0.25, -0.2) is 0 Å². The largest absolute Gasteiger partial charge is 0.356 e. The van der Waals surface area contributed by atoms with E-state index in [0.29, 0.717) is 71.2 Å². The molecule has 0 aromatic heterocycles. The zero-order valence-electron chi connectivity index (χ0n) is 18.6. The van der Waals surface area contributed by atoms with Crippen LogP contribution >= 0.6 is 22.6 Å². The number of unbranched alkanes of at least 4 members (excludes halogenated alkanes) is 1. The lowest BCUT2D eigenvalue weighted by molar-refractivity contribution is -0.122. The average molecular weight is 540 g/mol. The number of hydrogen-bond acceptors (Lipinski definition) is 5. The predicted molar refractivity (Wildman–Crippen MR) is 130 cm³/mol. The number of carbonyl (C=O) groups is 3. The molecule has 7 N–H and O–H groups in total. The number of halogens is 1. The van der Waals surface area contributed by atoms with Gasteiger partial charge >= 0.3 is 0 Å². The summed E-state index contributed by atoms with van der Waals surface area (Å²) in [5, 5.41) is 8.66. The molecule has 0 fully saturated rings. The summed E-state index contributed by atoms with van der Waals surface area (Å²) in [5.41, 5.74) is 10.7. The molecule has 0 aliphatic carbocycles. The molecule has 0 aliphatic rings. The zero-order chi connectivity index (χ0) is 22.7. The van der Waals surface area contributed by atoms with Gasteiger partial charge in [-0.2, -0.15) is 0 Å². The molecule has 1 unspecified atom stereocenters. The molecule has 3 amide bonds. The average Bonchev–Trinajstić information content (AvgIpc) is 2.75. The standard InChI is InChI=1S/C21H42IN5O3/c1-2-21(11-8-20(30)27-17-14-24,10-7-19(29)26-16-5-13-23)9-6-18(28)25-15-4-3-12-22/h2-17,23-24H2,1H3,(H,25,28)(H,26,29)(H,27,30). The molecule has 0 saturated heterocycles. The fourth-order valence-corrected chi connectivity index (χ4v) is 3.83. The summed E-state index contributed by atoms with van der Waals surface area (Å²) in [4.78, 5) is 36.5. The minimum atomic E-state index is -0.217. The van der Waals surface area contributed by atoms with Crippen LogP contribution in [0.5, 0.6) is 0 Å². The number of rotatable bonds is 19. The van der Waals surface area contributed by atoms with Crippen LogP contribution in [0.15, 0.2) is 0 Å². The van der Waals surface area contributed by atoms with E-state index in [1.54, 1.807) is 0 Å². The first-order valence-corrected chi connectivity index (χ1v) is 12.7. The minimum Gasteiger partial charge on any atom is -0.356 e. The SMILES string of the molecule is CCC(CCC(=O)NCCN)(CCC(=O)NCCCN)CCC(=O)NCCCCI. The normalized spacial score (nSPS) is 12.8. The molecule has 1 atom stereocenters. The first-order chi connectivity index (χ1) is 14.4. The summed E-state index contributed by atoms with van der Waals surface area (Å²) in [5.74, 6) is 0.00675. The second kappa shape index (κ2) is 18.8. The van der Waals surface area contributed by atoms with Crippen LogP contribution in [-0.2, 0) is 14.4 Å². The number of nitrogens with two attached hydrogens (primary N) is 2. The smallest absolute Gasteiger partial charge is 0.220 e. The maximum atomic E-state index is 12.3. The third-order valence-corrected chi connectivity index (χ3v) is 6.21. The Labute approximate surface area is 195 Å². The molecular formula is C21H42IN5O3. The molecule has 0 heterocycles. The maximum absolute atomic E-state index is 12.3. The van der Waals surface area contributed by atoms with Crippen LogP contribution in [0.4, 0.5) is 0 Å². The second-order valence-corrected chi connectivity index (χ2v) is 8.81. The fourth-order valence-electron chi connectivity index (χ4n) is 3.30. The highest BCUT2D eigenvalue weighted by Gasteiger charge is 2.30. The monoisotopic (exact) mass is 539 g/mol. The number of nitrogens with one attached hydrogen (secondary N) is 3. The molecule has 0 spiro atoms. The lowest BCUT2D eigenvalue weighted by atomic mass is 9.73. The van der Waals surface area contributed by atoms with E-state index in [9.17, 15) is 14.4 Å². The van der Waals surface area contributed by atoms with E-state index in [-0.39, 0.29) is 23.1 Å². The number of amides is 3. The van der Waals surface area contributed by atoms with E-state index in [1.807, 2.05) is 0 Å². The van der Waals surface area contributed by atoms with Crippen LogP contribution in [0.25, 0.3) is 0 Å². The fraction of sp³-hybridized carbons (Fsp3) is 0.857. The predicted octanol–water partition coefficient (Wildman–Crippen LogP) is 1.59. The molecule has 0 radical (unpaired) electrons. The van der Waals surface area contributed by atoms with Crippen molar-refractivity contribution in [3.63, 3.8) is 0 Å². The van der Waals surface area contributed by atoms with Gasteiger partial charge in [-0.3, -0.25) is 14.4 Å². The van der Waals surface area contributed by atoms with Gasteiger partial charge in [-0.05, 0) is 54.9 Å². The Balaban J connectivity index is 4.78. The summed E-state index contributed by atoms with van der Waals surface area (Å²) in [6.45, 7) is 4.76. The Kier molecular flexibility index (Phi) is 18.2. The van der Waals surface area contributed by atoms with Gasteiger partial charge in [0.25, 0.3) is 0 Å². The van der Waals surface area contributed by atoms with Crippen LogP contribution < -0.4 is 27.4 Å². The highest BCUT2D eigenvalue weighted by molar-refractivity contribution is 14.1. The highest BCUT2D eigenvalue weighted by Crippen LogP contribution is 2.38. The van der Waals surface area contributed by atoms with Gasteiger partial charge in [0.15, 0.2) is 0 Å². The lowest BCUT2D eigenvalue weighted by Gasteiger charge is -2.33. The van der Waals surface area contributed by atoms with Gasteiger partial charge in [0.05, 0.1) is 0 Å². The Hall–Kier alpha value is -0.940. The first-order valence-electron chi connectivity index (χ1n) is 11.2. The van der Waals surface area contributed by atoms with E-state index < -0.39 is 0 Å². The minimum absolute atomic E-state index is 0.00268. The third-order valence-electron chi connectivity index (χ3n) is 5.45. The number of carbonyl (C=O) groups excluding carboxylic acids is 3. The van der Waals surface area contributed by atoms with Gasteiger partial charge in [0.1, 0.15) is 0 Å². The third kappa shape index (κ3) is 15.0. The topological polar surface area (TPSA) is 139 Å². The molecule has 0 bridgehead atoms. The van der Waals surface area contributed by atoms with Gasteiger partial charge in [-0.1, -0.05) is 35.9 Å². The number of hydrogen-bond donors (Lipinski definition) is 5. The van der Waals surface area contributed by atoms with E-state index >= 15 is 0 Å². The Morgan fingerprint density at radius 3 is 1.60 bits per heavy atom. The van der Waals surface area contributed by atoms with Crippen molar-refractivity contribution in [2.75, 3.05) is 37.2 Å². The molecule has 0 aromatic rings. The molecule has 176 valence electrons. The van der Waals surface area contributed by atoms with Gasteiger partial charge in [0, 0.05) is 45.4 Å². The zero-order valence-corrected chi connectivity index (χ0v) is 20.7. The molecule has 0 aromatic carbocycles. The van der Waals surface area contributed by atoms with Crippen molar-refractivity contribution in [1.29, 1.82) is 0 Å². The van der Waals surface area contributed by atoms with Gasteiger partial charge in [0.2, 0.25) is 17.7 Å². The Morgan fingerprint density at radius 2 is 1.20 bits per heavy atom. The molecule has 0 saturated carbocycles. The van der Waals surface area contributed by atoms with Crippen molar-refractivity contribution < 1.29 is 14.4 Å². The summed E-state index contributed by atoms with van der Waals surface area (Å²) >= 11 is 2.33. The molecule has 0 rings (SSSR count). The second-order valence-electron chi connectivity index (χ2n) is 7.73. The molecular weight excluding hydrogens is 497 g/mol. The van der Waals surface area contributed by atoms with E-state index in [0.717, 1.165) is 30.1 Å². The van der Waals surface area contributed by atoms with Crippen molar-refractivity contribution in [2.24, 2.45) is 16.9 Å². The summed E-state index contributed by atoms with van der Waals surface area (Å²) in [7, 11) is 0. The number of alkyl halides is 1. The summed E-state index contributed by atoms with van der Waals surface area (Å²) in [6.07, 6.45) is 6.80. The van der Waals surface area contributed by atoms with Crippen molar-refractivity contribution in [3.8, 4) is 0 Å². The van der Waals surface area contributed by atoms with Crippen LogP contribution in [-0.4, -0.2) is 54.9 Å². The molecule has 8 nitrogen and oxygen atoms in total. The lowest BCUT2D eigenvalue weighted by Crippen LogP contribution is -2.33. The molecule has 0 aliphatic heterocycles. The maximum Gasteiger partial charge on any atom is 0.220 e. The van der Waals surface area contributed by atoms with Gasteiger partial charge in [-0.15, -0.1) is 0 Å².